The highest BCUT2D eigenvalue weighted by Crippen LogP contribution is 2.59. The lowest BCUT2D eigenvalue weighted by Gasteiger charge is -2.34. The van der Waals surface area contributed by atoms with E-state index in [1.165, 1.54) is 5.90 Å². The highest BCUT2D eigenvalue weighted by molar-refractivity contribution is 7.62. The van der Waals surface area contributed by atoms with Gasteiger partial charge in [-0.15, -0.1) is 4.19 Å². The quantitative estimate of drug-likeness (QED) is 0.495. The van der Waals surface area contributed by atoms with Crippen molar-refractivity contribution in [3.8, 4) is 0 Å². The summed E-state index contributed by atoms with van der Waals surface area (Å²) in [6.07, 6.45) is 0.639. The van der Waals surface area contributed by atoms with Gasteiger partial charge in [0.2, 0.25) is 0 Å². The van der Waals surface area contributed by atoms with Gasteiger partial charge in [0.05, 0.1) is 5.90 Å². The van der Waals surface area contributed by atoms with E-state index in [4.69, 9.17) is 4.84 Å². The Morgan fingerprint density at radius 2 is 2.33 bits per heavy atom. The van der Waals surface area contributed by atoms with E-state index in [2.05, 4.69) is 0 Å². The van der Waals surface area contributed by atoms with Crippen molar-refractivity contribution >= 4 is 23.4 Å². The molecule has 2 aliphatic heterocycles. The van der Waals surface area contributed by atoms with Crippen molar-refractivity contribution in [2.24, 2.45) is 0 Å². The molecule has 9 heavy (non-hydrogen) atoms. The third-order valence-corrected chi connectivity index (χ3v) is 5.42. The number of quaternary nitrogens is 1. The predicted molar refractivity (Wildman–Crippen MR) is 37.3 cm³/mol. The molecule has 2 fully saturated rings. The van der Waals surface area contributed by atoms with Gasteiger partial charge in [-0.1, -0.05) is 0 Å². The second-order valence-corrected chi connectivity index (χ2v) is 6.11. The molecule has 2 saturated heterocycles. The van der Waals surface area contributed by atoms with Gasteiger partial charge in [0.25, 0.3) is 0 Å². The number of carbonyl (C=O) groups excluding carboxylic acids is 1. The fourth-order valence-corrected chi connectivity index (χ4v) is 3.91. The van der Waals surface area contributed by atoms with Crippen LogP contribution < -0.4 is 0 Å². The molecule has 5 heteroatoms. The lowest BCUT2D eigenvalue weighted by atomic mass is 10.5. The van der Waals surface area contributed by atoms with E-state index in [0.29, 0.717) is 10.6 Å². The number of carbonyl (C=O) groups is 1. The highest BCUT2D eigenvalue weighted by atomic mass is 31.2. The third kappa shape index (κ3) is 0.881. The first kappa shape index (κ1) is 6.03. The van der Waals surface area contributed by atoms with Crippen LogP contribution in [0.4, 0.5) is 0 Å². The fourth-order valence-electron chi connectivity index (χ4n) is 0.992. The maximum atomic E-state index is 10.6. The highest BCUT2D eigenvalue weighted by Gasteiger charge is 2.47. The Hall–Kier alpha value is 0.290. The first-order chi connectivity index (χ1) is 4.31. The summed E-state index contributed by atoms with van der Waals surface area (Å²) in [6.45, 7) is 0.940. The average molecular weight is 164 g/mol. The van der Waals surface area contributed by atoms with Gasteiger partial charge in [-0.2, -0.15) is 0 Å². The van der Waals surface area contributed by atoms with E-state index in [9.17, 15) is 4.79 Å². The van der Waals surface area contributed by atoms with Crippen LogP contribution in [0.3, 0.4) is 0 Å². The molecule has 3 nitrogen and oxygen atoms in total. The second-order valence-electron chi connectivity index (χ2n) is 2.17. The molecular formula is C4H8NO2P2+. The Labute approximate surface area is 57.0 Å². The van der Waals surface area contributed by atoms with Crippen molar-refractivity contribution < 1.29 is 13.8 Å². The van der Waals surface area contributed by atoms with Crippen LogP contribution in [-0.4, -0.2) is 22.6 Å². The SMILES string of the molecule is O=C1CC[N+]2(O1)PCP2. The Balaban J connectivity index is 2.07. The molecule has 2 rings (SSSR count). The van der Waals surface area contributed by atoms with E-state index >= 15 is 0 Å². The molecule has 0 aliphatic carbocycles. The van der Waals surface area contributed by atoms with Gasteiger partial charge in [-0.05, 0) is 0 Å². The lowest BCUT2D eigenvalue weighted by Crippen LogP contribution is -2.32. The summed E-state index contributed by atoms with van der Waals surface area (Å²) in [4.78, 5) is 15.7. The van der Waals surface area contributed by atoms with E-state index in [-0.39, 0.29) is 5.97 Å². The van der Waals surface area contributed by atoms with E-state index < -0.39 is 0 Å². The van der Waals surface area contributed by atoms with Gasteiger partial charge in [0.1, 0.15) is 30.4 Å². The average Bonchev–Trinajstić information content (AvgIpc) is 2.09. The number of hydrogen-bond acceptors (Lipinski definition) is 2. The van der Waals surface area contributed by atoms with Crippen LogP contribution >= 0.6 is 17.5 Å². The van der Waals surface area contributed by atoms with Crippen LogP contribution in [0.5, 0.6) is 0 Å². The number of hydrogen-bond donors (Lipinski definition) is 0. The number of hydroxylamine groups is 1. The minimum atomic E-state index is -0.00491. The summed E-state index contributed by atoms with van der Waals surface area (Å²) in [5, 5.41) is 0. The first-order valence-electron chi connectivity index (χ1n) is 2.91. The van der Waals surface area contributed by atoms with Crippen molar-refractivity contribution in [1.82, 2.24) is 0 Å². The molecule has 2 atom stereocenters. The Morgan fingerprint density at radius 3 is 2.56 bits per heavy atom. The van der Waals surface area contributed by atoms with Crippen LogP contribution in [0, 0.1) is 0 Å². The molecule has 0 aromatic heterocycles. The van der Waals surface area contributed by atoms with Gasteiger partial charge in [-0.25, -0.2) is 4.79 Å². The zero-order chi connectivity index (χ0) is 6.32. The van der Waals surface area contributed by atoms with Gasteiger partial charge in [-0.3, -0.25) is 4.84 Å². The summed E-state index contributed by atoms with van der Waals surface area (Å²) in [5.41, 5.74) is 0. The summed E-state index contributed by atoms with van der Waals surface area (Å²) >= 11 is 0. The molecule has 2 heterocycles. The molecule has 0 aromatic carbocycles. The molecule has 0 saturated carbocycles. The zero-order valence-electron chi connectivity index (χ0n) is 4.89. The minimum absolute atomic E-state index is 0.00491. The molecule has 0 amide bonds. The molecule has 1 spiro atoms. The topological polar surface area (TPSA) is 26.3 Å². The van der Waals surface area contributed by atoms with Crippen LogP contribution in [0.1, 0.15) is 6.42 Å². The van der Waals surface area contributed by atoms with Gasteiger partial charge in [0, 0.05) is 0 Å². The van der Waals surface area contributed by atoms with E-state index in [0.717, 1.165) is 24.0 Å². The Kier molecular flexibility index (Phi) is 1.26. The van der Waals surface area contributed by atoms with Crippen LogP contribution in [-0.2, 0) is 9.63 Å². The Bertz CT molecular complexity index is 157. The van der Waals surface area contributed by atoms with E-state index in [1.54, 1.807) is 0 Å². The second kappa shape index (κ2) is 1.88. The van der Waals surface area contributed by atoms with Crippen LogP contribution in [0.2, 0.25) is 0 Å². The van der Waals surface area contributed by atoms with Crippen molar-refractivity contribution in [3.05, 3.63) is 0 Å². The molecule has 2 unspecified atom stereocenters. The van der Waals surface area contributed by atoms with Crippen molar-refractivity contribution in [3.63, 3.8) is 0 Å². The van der Waals surface area contributed by atoms with Gasteiger partial charge >= 0.3 is 5.97 Å². The summed E-state index contributed by atoms with van der Waals surface area (Å²) in [6, 6.07) is 0. The maximum Gasteiger partial charge on any atom is 0.372 e. The number of rotatable bonds is 0. The lowest BCUT2D eigenvalue weighted by molar-refractivity contribution is -0.868. The normalized spacial score (nSPS) is 46.0. The molecule has 0 bridgehead atoms. The zero-order valence-corrected chi connectivity index (χ0v) is 6.89. The largest absolute Gasteiger partial charge is 0.372 e. The van der Waals surface area contributed by atoms with Gasteiger partial charge in [0.15, 0.2) is 0 Å². The monoisotopic (exact) mass is 164 g/mol. The third-order valence-electron chi connectivity index (χ3n) is 1.56. The van der Waals surface area contributed by atoms with E-state index in [1.807, 2.05) is 0 Å². The first-order valence-corrected chi connectivity index (χ1v) is 5.22. The molecule has 0 aromatic rings. The van der Waals surface area contributed by atoms with Crippen molar-refractivity contribution in [1.29, 1.82) is 0 Å². The minimum Gasteiger partial charge on any atom is -0.274 e. The fraction of sp³-hybridized carbons (Fsp3) is 0.750. The molecule has 50 valence electrons. The van der Waals surface area contributed by atoms with Crippen molar-refractivity contribution in [2.75, 3.05) is 12.4 Å². The summed E-state index contributed by atoms with van der Waals surface area (Å²) in [5.74, 6) is 1.27. The molecule has 2 aliphatic rings. The Morgan fingerprint density at radius 1 is 1.56 bits per heavy atom. The van der Waals surface area contributed by atoms with Crippen molar-refractivity contribution in [2.45, 2.75) is 6.42 Å². The maximum absolute atomic E-state index is 10.6. The van der Waals surface area contributed by atoms with Crippen LogP contribution in [0.15, 0.2) is 0 Å². The molecule has 0 N–H and O–H groups in total. The smallest absolute Gasteiger partial charge is 0.274 e. The number of nitrogens with zero attached hydrogens (tertiary/aromatic N) is 1. The summed E-state index contributed by atoms with van der Waals surface area (Å²) in [7, 11) is 1.68. The standard InChI is InChI=1S/C4H8NO2P2/c6-4-1-2-5(7-4)8-3-9-5/h8-9H,1-3H2/q+1. The van der Waals surface area contributed by atoms with Crippen LogP contribution in [0.25, 0.3) is 0 Å². The van der Waals surface area contributed by atoms with Gasteiger partial charge < -0.3 is 0 Å². The summed E-state index contributed by atoms with van der Waals surface area (Å²) < 4.78 is 0.693. The molecular weight excluding hydrogens is 156 g/mol. The molecule has 0 radical (unpaired) electrons. The predicted octanol–water partition coefficient (Wildman–Crippen LogP) is 0.823.